The van der Waals surface area contributed by atoms with Crippen molar-refractivity contribution in [2.45, 2.75) is 27.2 Å². The van der Waals surface area contributed by atoms with Crippen molar-refractivity contribution < 1.29 is 4.79 Å². The molecule has 1 aromatic rings. The van der Waals surface area contributed by atoms with Gasteiger partial charge >= 0.3 is 0 Å². The Morgan fingerprint density at radius 2 is 1.83 bits per heavy atom. The highest BCUT2D eigenvalue weighted by Crippen LogP contribution is 2.27. The maximum absolute atomic E-state index is 10.6. The predicted octanol–water partition coefficient (Wildman–Crippen LogP) is 3.77. The van der Waals surface area contributed by atoms with Crippen LogP contribution in [0.25, 0.3) is 5.57 Å². The second-order valence-corrected chi connectivity index (χ2v) is 5.68. The number of nitrogens with zero attached hydrogens (tertiary/aromatic N) is 1. The first-order chi connectivity index (χ1) is 8.50. The zero-order valence-electron chi connectivity index (χ0n) is 11.2. The van der Waals surface area contributed by atoms with Gasteiger partial charge in [0.25, 0.3) is 0 Å². The summed E-state index contributed by atoms with van der Waals surface area (Å²) in [5.74, 6) is 0. The van der Waals surface area contributed by atoms with Gasteiger partial charge in [-0.25, -0.2) is 0 Å². The molecule has 2 rings (SSSR count). The number of aldehydes is 1. The first kappa shape index (κ1) is 12.7. The lowest BCUT2D eigenvalue weighted by Crippen LogP contribution is -2.21. The van der Waals surface area contributed by atoms with Crippen LogP contribution in [0.3, 0.4) is 0 Å². The zero-order chi connectivity index (χ0) is 13.2. The molecule has 2 nitrogen and oxygen atoms in total. The van der Waals surface area contributed by atoms with E-state index in [4.69, 9.17) is 0 Å². The van der Waals surface area contributed by atoms with Crippen LogP contribution in [0, 0.1) is 5.41 Å². The molecule has 0 unspecified atom stereocenters. The molecule has 1 aliphatic rings. The van der Waals surface area contributed by atoms with Gasteiger partial charge in [-0.15, -0.1) is 0 Å². The molecule has 0 amide bonds. The van der Waals surface area contributed by atoms with Gasteiger partial charge in [-0.2, -0.15) is 0 Å². The van der Waals surface area contributed by atoms with E-state index in [1.807, 2.05) is 24.3 Å². The number of hydrogen-bond acceptors (Lipinski definition) is 2. The fraction of sp³-hybridized carbons (Fsp3) is 0.375. The quantitative estimate of drug-likeness (QED) is 0.725. The standard InChI is InChI=1S/C16H19NO/c1-16(2,3)15-10-14(8-9-17-15)13-6-4-12(11-18)5-7-13/h4-7,10-11H,8-9H2,1-3H3. The summed E-state index contributed by atoms with van der Waals surface area (Å²) in [6.07, 6.45) is 4.04. The van der Waals surface area contributed by atoms with Crippen LogP contribution >= 0.6 is 0 Å². The highest BCUT2D eigenvalue weighted by atomic mass is 16.1. The number of carbonyl (C=O) groups is 1. The van der Waals surface area contributed by atoms with Crippen LogP contribution in [0.4, 0.5) is 0 Å². The van der Waals surface area contributed by atoms with Crippen molar-refractivity contribution in [1.82, 2.24) is 0 Å². The van der Waals surface area contributed by atoms with E-state index < -0.39 is 0 Å². The van der Waals surface area contributed by atoms with Crippen molar-refractivity contribution in [1.29, 1.82) is 0 Å². The lowest BCUT2D eigenvalue weighted by molar-refractivity contribution is 0.112. The third-order valence-electron chi connectivity index (χ3n) is 3.16. The lowest BCUT2D eigenvalue weighted by Gasteiger charge is -2.23. The highest BCUT2D eigenvalue weighted by Gasteiger charge is 2.20. The molecule has 0 aliphatic carbocycles. The third-order valence-corrected chi connectivity index (χ3v) is 3.16. The Morgan fingerprint density at radius 1 is 1.17 bits per heavy atom. The Hall–Kier alpha value is -1.70. The molecule has 18 heavy (non-hydrogen) atoms. The minimum Gasteiger partial charge on any atom is -0.298 e. The monoisotopic (exact) mass is 241 g/mol. The molecule has 2 heteroatoms. The Balaban J connectivity index is 2.30. The predicted molar refractivity (Wildman–Crippen MR) is 76.2 cm³/mol. The molecule has 0 fully saturated rings. The second kappa shape index (κ2) is 4.89. The third kappa shape index (κ3) is 2.76. The topological polar surface area (TPSA) is 29.4 Å². The number of benzene rings is 1. The summed E-state index contributed by atoms with van der Waals surface area (Å²) in [6, 6.07) is 7.76. The van der Waals surface area contributed by atoms with Gasteiger partial charge in [-0.05, 0) is 23.6 Å². The Kier molecular flexibility index (Phi) is 3.46. The largest absolute Gasteiger partial charge is 0.298 e. The van der Waals surface area contributed by atoms with Crippen molar-refractivity contribution in [2.75, 3.05) is 6.54 Å². The van der Waals surface area contributed by atoms with Crippen LogP contribution in [-0.2, 0) is 0 Å². The van der Waals surface area contributed by atoms with Crippen LogP contribution < -0.4 is 0 Å². The minimum atomic E-state index is 0.0917. The summed E-state index contributed by atoms with van der Waals surface area (Å²) in [6.45, 7) is 7.40. The zero-order valence-corrected chi connectivity index (χ0v) is 11.2. The van der Waals surface area contributed by atoms with E-state index in [9.17, 15) is 4.79 Å². The second-order valence-electron chi connectivity index (χ2n) is 5.68. The van der Waals surface area contributed by atoms with Gasteiger partial charge in [0.15, 0.2) is 0 Å². The molecule has 0 saturated heterocycles. The SMILES string of the molecule is CC(C)(C)C1=NCCC(c2ccc(C=O)cc2)=C1. The van der Waals surface area contributed by atoms with Crippen LogP contribution in [0.5, 0.6) is 0 Å². The van der Waals surface area contributed by atoms with Crippen molar-refractivity contribution in [2.24, 2.45) is 10.4 Å². The van der Waals surface area contributed by atoms with E-state index >= 15 is 0 Å². The number of carbonyl (C=O) groups excluding carboxylic acids is 1. The first-order valence-electron chi connectivity index (χ1n) is 6.32. The van der Waals surface area contributed by atoms with E-state index in [0.29, 0.717) is 0 Å². The average Bonchev–Trinajstić information content (AvgIpc) is 2.38. The molecule has 0 spiro atoms. The van der Waals surface area contributed by atoms with E-state index in [1.165, 1.54) is 11.1 Å². The van der Waals surface area contributed by atoms with Gasteiger partial charge < -0.3 is 0 Å². The fourth-order valence-electron chi connectivity index (χ4n) is 2.04. The van der Waals surface area contributed by atoms with Gasteiger partial charge in [-0.3, -0.25) is 9.79 Å². The van der Waals surface area contributed by atoms with E-state index in [2.05, 4.69) is 31.8 Å². The molecule has 0 aromatic heterocycles. The highest BCUT2D eigenvalue weighted by molar-refractivity contribution is 6.05. The minimum absolute atomic E-state index is 0.0917. The van der Waals surface area contributed by atoms with Gasteiger partial charge in [0.05, 0.1) is 0 Å². The van der Waals surface area contributed by atoms with Crippen LogP contribution in [0.2, 0.25) is 0 Å². The van der Waals surface area contributed by atoms with Gasteiger partial charge in [0.2, 0.25) is 0 Å². The molecule has 0 atom stereocenters. The molecular weight excluding hydrogens is 222 g/mol. The number of hydrogen-bond donors (Lipinski definition) is 0. The lowest BCUT2D eigenvalue weighted by atomic mass is 9.85. The number of dihydropyridines is 1. The maximum atomic E-state index is 10.6. The van der Waals surface area contributed by atoms with Crippen LogP contribution in [0.15, 0.2) is 35.3 Å². The number of allylic oxidation sites excluding steroid dienone is 1. The van der Waals surface area contributed by atoms with Gasteiger partial charge in [0.1, 0.15) is 6.29 Å². The summed E-state index contributed by atoms with van der Waals surface area (Å²) in [4.78, 5) is 15.2. The normalized spacial score (nSPS) is 15.9. The first-order valence-corrected chi connectivity index (χ1v) is 6.32. The summed E-state index contributed by atoms with van der Waals surface area (Å²) in [5.41, 5.74) is 4.47. The average molecular weight is 241 g/mol. The van der Waals surface area contributed by atoms with Crippen molar-refractivity contribution in [3.8, 4) is 0 Å². The van der Waals surface area contributed by atoms with Crippen LogP contribution in [0.1, 0.15) is 43.1 Å². The smallest absolute Gasteiger partial charge is 0.150 e. The molecule has 94 valence electrons. The summed E-state index contributed by atoms with van der Waals surface area (Å²) < 4.78 is 0. The Labute approximate surface area is 108 Å². The molecule has 1 aliphatic heterocycles. The molecule has 0 bridgehead atoms. The maximum Gasteiger partial charge on any atom is 0.150 e. The van der Waals surface area contributed by atoms with E-state index in [0.717, 1.165) is 30.5 Å². The van der Waals surface area contributed by atoms with Gasteiger partial charge in [0, 0.05) is 23.2 Å². The fourth-order valence-corrected chi connectivity index (χ4v) is 2.04. The van der Waals surface area contributed by atoms with Crippen LogP contribution in [-0.4, -0.2) is 18.5 Å². The van der Waals surface area contributed by atoms with Gasteiger partial charge in [-0.1, -0.05) is 45.0 Å². The molecular formula is C16H19NO. The molecule has 0 saturated carbocycles. The summed E-state index contributed by atoms with van der Waals surface area (Å²) in [5, 5.41) is 0. The number of aliphatic imine (C=N–C) groups is 1. The molecule has 0 N–H and O–H groups in total. The Morgan fingerprint density at radius 3 is 2.39 bits per heavy atom. The van der Waals surface area contributed by atoms with Crippen molar-refractivity contribution >= 4 is 17.6 Å². The summed E-state index contributed by atoms with van der Waals surface area (Å²) in [7, 11) is 0. The molecule has 0 radical (unpaired) electrons. The Bertz CT molecular complexity index is 501. The van der Waals surface area contributed by atoms with Crippen molar-refractivity contribution in [3.05, 3.63) is 41.5 Å². The molecule has 1 aromatic carbocycles. The van der Waals surface area contributed by atoms with E-state index in [-0.39, 0.29) is 5.41 Å². The molecule has 1 heterocycles. The summed E-state index contributed by atoms with van der Waals surface area (Å²) >= 11 is 0. The number of rotatable bonds is 2. The van der Waals surface area contributed by atoms with Crippen molar-refractivity contribution in [3.63, 3.8) is 0 Å². The van der Waals surface area contributed by atoms with E-state index in [1.54, 1.807) is 0 Å².